The predicted octanol–water partition coefficient (Wildman–Crippen LogP) is 7.11. The van der Waals surface area contributed by atoms with E-state index in [2.05, 4.69) is 0 Å². The molecule has 0 aliphatic heterocycles. The summed E-state index contributed by atoms with van der Waals surface area (Å²) in [5.74, 6) is -1.33. The Morgan fingerprint density at radius 1 is 1.03 bits per heavy atom. The number of allylic oxidation sites excluding steroid dienone is 3. The Kier molecular flexibility index (Phi) is 7.04. The van der Waals surface area contributed by atoms with Crippen molar-refractivity contribution in [1.82, 2.24) is 9.88 Å². The number of rotatable bonds is 8. The highest BCUT2D eigenvalue weighted by Crippen LogP contribution is 2.43. The molecule has 0 spiro atoms. The van der Waals surface area contributed by atoms with Gasteiger partial charge in [0, 0.05) is 42.3 Å². The number of halogens is 2. The third-order valence-corrected chi connectivity index (χ3v) is 7.05. The van der Waals surface area contributed by atoms with Crippen molar-refractivity contribution in [3.63, 3.8) is 0 Å². The number of pyridine rings is 1. The third kappa shape index (κ3) is 5.26. The van der Waals surface area contributed by atoms with E-state index in [1.807, 2.05) is 85.7 Å². The van der Waals surface area contributed by atoms with Crippen molar-refractivity contribution in [3.8, 4) is 22.6 Å². The van der Waals surface area contributed by atoms with Crippen LogP contribution in [-0.4, -0.2) is 41.2 Å². The second-order valence-corrected chi connectivity index (χ2v) is 9.96. The zero-order valence-electron chi connectivity index (χ0n) is 21.0. The van der Waals surface area contributed by atoms with Crippen molar-refractivity contribution in [3.05, 3.63) is 102 Å². The van der Waals surface area contributed by atoms with E-state index in [9.17, 15) is 13.9 Å². The molecule has 37 heavy (non-hydrogen) atoms. The average molecular weight is 501 g/mol. The molecular weight excluding hydrogens is 470 g/mol. The molecule has 5 rings (SSSR count). The Hall–Kier alpha value is -3.61. The van der Waals surface area contributed by atoms with Crippen LogP contribution >= 0.6 is 0 Å². The lowest BCUT2D eigenvalue weighted by Crippen LogP contribution is -2.43. The van der Waals surface area contributed by atoms with Gasteiger partial charge in [-0.2, -0.15) is 0 Å². The average Bonchev–Trinajstić information content (AvgIpc) is 3.42. The Morgan fingerprint density at radius 3 is 2.49 bits per heavy atom. The molecule has 0 saturated heterocycles. The molecule has 2 aromatic carbocycles. The molecule has 0 fully saturated rings. The van der Waals surface area contributed by atoms with Crippen LogP contribution in [0.3, 0.4) is 0 Å². The van der Waals surface area contributed by atoms with Crippen LogP contribution < -0.4 is 0 Å². The molecule has 0 bridgehead atoms. The van der Waals surface area contributed by atoms with Gasteiger partial charge in [-0.25, -0.2) is 13.8 Å². The second-order valence-electron chi connectivity index (χ2n) is 9.96. The standard InChI is InChI=1S/C31H30F2N2O2/c1-35(2)15-14-31(36,22-17-23(32)19-24(33)18-22)20-26-25-11-6-7-12-27(25)34-30(28-13-8-16-37-28)29(26)21-9-4-3-5-10-21/h3-13,16-17,19,22,36H,14-15,18,20H2,1-2H3. The number of furan rings is 1. The fraction of sp³-hybridized carbons (Fsp3) is 0.258. The van der Waals surface area contributed by atoms with E-state index in [0.29, 0.717) is 24.4 Å². The first kappa shape index (κ1) is 25.1. The van der Waals surface area contributed by atoms with Gasteiger partial charge in [-0.15, -0.1) is 0 Å². The van der Waals surface area contributed by atoms with Gasteiger partial charge in [-0.3, -0.25) is 0 Å². The van der Waals surface area contributed by atoms with E-state index < -0.39 is 23.2 Å². The van der Waals surface area contributed by atoms with Crippen LogP contribution in [0.15, 0.2) is 101 Å². The lowest BCUT2D eigenvalue weighted by atomic mass is 9.74. The SMILES string of the molecule is CN(C)CCC(O)(Cc1c(-c2ccccc2)c(-c2ccco2)nc2ccccc12)C1C=C(F)C=C(F)C1. The number of fused-ring (bicyclic) bond motifs is 1. The van der Waals surface area contributed by atoms with E-state index in [1.165, 1.54) is 6.08 Å². The molecule has 0 amide bonds. The number of aliphatic hydroxyl groups is 1. The first-order valence-corrected chi connectivity index (χ1v) is 12.5. The molecule has 2 heterocycles. The molecule has 2 atom stereocenters. The number of aromatic nitrogens is 1. The summed E-state index contributed by atoms with van der Waals surface area (Å²) in [7, 11) is 3.84. The summed E-state index contributed by atoms with van der Waals surface area (Å²) in [5.41, 5.74) is 2.64. The smallest absolute Gasteiger partial charge is 0.152 e. The molecule has 2 unspecified atom stereocenters. The number of hydrogen-bond donors (Lipinski definition) is 1. The number of nitrogens with zero attached hydrogens (tertiary/aromatic N) is 2. The van der Waals surface area contributed by atoms with Crippen LogP contribution in [0.5, 0.6) is 0 Å². The normalized spacial score (nSPS) is 17.5. The molecule has 0 radical (unpaired) electrons. The van der Waals surface area contributed by atoms with Gasteiger partial charge in [0.2, 0.25) is 0 Å². The Balaban J connectivity index is 1.75. The predicted molar refractivity (Wildman–Crippen MR) is 143 cm³/mol. The summed E-state index contributed by atoms with van der Waals surface area (Å²) in [6.07, 6.45) is 4.34. The van der Waals surface area contributed by atoms with Crippen LogP contribution in [0.1, 0.15) is 18.4 Å². The molecule has 6 heteroatoms. The van der Waals surface area contributed by atoms with Crippen molar-refractivity contribution in [2.24, 2.45) is 5.92 Å². The second kappa shape index (κ2) is 10.4. The summed E-state index contributed by atoms with van der Waals surface area (Å²) in [4.78, 5) is 6.94. The Bertz CT molecular complexity index is 1450. The molecule has 1 aliphatic carbocycles. The van der Waals surface area contributed by atoms with E-state index in [1.54, 1.807) is 6.26 Å². The third-order valence-electron chi connectivity index (χ3n) is 7.05. The lowest BCUT2D eigenvalue weighted by molar-refractivity contribution is -0.0157. The minimum Gasteiger partial charge on any atom is -0.463 e. The summed E-state index contributed by atoms with van der Waals surface area (Å²) in [6.45, 7) is 0.558. The maximum atomic E-state index is 14.4. The van der Waals surface area contributed by atoms with Gasteiger partial charge in [0.15, 0.2) is 5.76 Å². The minimum atomic E-state index is -1.42. The molecular formula is C31H30F2N2O2. The maximum Gasteiger partial charge on any atom is 0.152 e. The van der Waals surface area contributed by atoms with Gasteiger partial charge in [0.25, 0.3) is 0 Å². The van der Waals surface area contributed by atoms with E-state index >= 15 is 0 Å². The highest BCUT2D eigenvalue weighted by Gasteiger charge is 2.39. The van der Waals surface area contributed by atoms with Crippen LogP contribution in [0, 0.1) is 5.92 Å². The molecule has 4 aromatic rings. The van der Waals surface area contributed by atoms with Crippen molar-refractivity contribution < 1.29 is 18.3 Å². The fourth-order valence-electron chi connectivity index (χ4n) is 5.16. The quantitative estimate of drug-likeness (QED) is 0.280. The van der Waals surface area contributed by atoms with Crippen molar-refractivity contribution >= 4 is 10.9 Å². The highest BCUT2D eigenvalue weighted by molar-refractivity contribution is 5.95. The van der Waals surface area contributed by atoms with Gasteiger partial charge in [0.1, 0.15) is 17.3 Å². The van der Waals surface area contributed by atoms with Gasteiger partial charge < -0.3 is 14.4 Å². The van der Waals surface area contributed by atoms with Crippen LogP contribution in [0.2, 0.25) is 0 Å². The monoisotopic (exact) mass is 500 g/mol. The highest BCUT2D eigenvalue weighted by atomic mass is 19.1. The zero-order valence-corrected chi connectivity index (χ0v) is 21.0. The summed E-state index contributed by atoms with van der Waals surface area (Å²) >= 11 is 0. The van der Waals surface area contributed by atoms with E-state index in [-0.39, 0.29) is 12.8 Å². The number of para-hydroxylation sites is 1. The van der Waals surface area contributed by atoms with Crippen molar-refractivity contribution in [1.29, 1.82) is 0 Å². The molecule has 2 aromatic heterocycles. The van der Waals surface area contributed by atoms with Crippen molar-refractivity contribution in [2.75, 3.05) is 20.6 Å². The van der Waals surface area contributed by atoms with Gasteiger partial charge in [-0.05, 0) is 55.9 Å². The fourth-order valence-corrected chi connectivity index (χ4v) is 5.16. The summed E-state index contributed by atoms with van der Waals surface area (Å²) in [6, 6.07) is 21.3. The van der Waals surface area contributed by atoms with Crippen LogP contribution in [0.25, 0.3) is 33.5 Å². The molecule has 4 nitrogen and oxygen atoms in total. The lowest BCUT2D eigenvalue weighted by Gasteiger charge is -2.37. The first-order chi connectivity index (χ1) is 17.8. The topological polar surface area (TPSA) is 49.5 Å². The van der Waals surface area contributed by atoms with E-state index in [4.69, 9.17) is 9.40 Å². The number of hydrogen-bond acceptors (Lipinski definition) is 4. The summed E-state index contributed by atoms with van der Waals surface area (Å²) < 4.78 is 34.6. The van der Waals surface area contributed by atoms with Gasteiger partial charge in [-0.1, -0.05) is 48.5 Å². The van der Waals surface area contributed by atoms with Crippen LogP contribution in [-0.2, 0) is 6.42 Å². The summed E-state index contributed by atoms with van der Waals surface area (Å²) in [5, 5.41) is 13.1. The molecule has 190 valence electrons. The first-order valence-electron chi connectivity index (χ1n) is 12.5. The zero-order chi connectivity index (χ0) is 26.0. The van der Waals surface area contributed by atoms with E-state index in [0.717, 1.165) is 33.7 Å². The molecule has 1 N–H and O–H groups in total. The minimum absolute atomic E-state index is 0.0495. The molecule has 0 saturated carbocycles. The van der Waals surface area contributed by atoms with Gasteiger partial charge >= 0.3 is 0 Å². The maximum absolute atomic E-state index is 14.4. The van der Waals surface area contributed by atoms with Gasteiger partial charge in [0.05, 0.1) is 17.4 Å². The van der Waals surface area contributed by atoms with Crippen LogP contribution in [0.4, 0.5) is 8.78 Å². The number of benzene rings is 2. The molecule has 1 aliphatic rings. The Morgan fingerprint density at radius 2 is 1.78 bits per heavy atom. The van der Waals surface area contributed by atoms with Crippen molar-refractivity contribution in [2.45, 2.75) is 24.9 Å². The Labute approximate surface area is 215 Å². The largest absolute Gasteiger partial charge is 0.463 e.